The van der Waals surface area contributed by atoms with Gasteiger partial charge in [0, 0.05) is 18.0 Å². The van der Waals surface area contributed by atoms with Gasteiger partial charge < -0.3 is 23.7 Å². The first-order valence-corrected chi connectivity index (χ1v) is 10.9. The van der Waals surface area contributed by atoms with Crippen molar-refractivity contribution in [3.63, 3.8) is 0 Å². The fourth-order valence-electron chi connectivity index (χ4n) is 3.24. The van der Waals surface area contributed by atoms with Gasteiger partial charge in [-0.25, -0.2) is 0 Å². The van der Waals surface area contributed by atoms with E-state index in [0.717, 1.165) is 21.3 Å². The molecule has 28 heavy (non-hydrogen) atoms. The molecule has 0 amide bonds. The van der Waals surface area contributed by atoms with Gasteiger partial charge in [0.15, 0.2) is 6.29 Å². The normalized spacial score (nSPS) is 24.8. The zero-order valence-corrected chi connectivity index (χ0v) is 18.4. The molecule has 1 heterocycles. The fraction of sp³-hybridized carbons (Fsp3) is 0.455. The predicted octanol–water partition coefficient (Wildman–Crippen LogP) is 4.36. The lowest BCUT2D eigenvalue weighted by molar-refractivity contribution is -0.257. The standard InChI is InChI=1S/C22H27IO5/c1-24-18-10-8-17(9-11-18)15-27-22-19(12-21(25-2)28-20(22)13-23)26-14-16-6-4-3-5-7-16/h3-11,19-22H,12-15H2,1-2H3/t19-,20-,21+,22+/m1/s1. The summed E-state index contributed by atoms with van der Waals surface area (Å²) >= 11 is 2.33. The Morgan fingerprint density at radius 3 is 2.25 bits per heavy atom. The third kappa shape index (κ3) is 5.90. The molecule has 1 aliphatic rings. The average Bonchev–Trinajstić information content (AvgIpc) is 2.77. The summed E-state index contributed by atoms with van der Waals surface area (Å²) in [4.78, 5) is 0. The van der Waals surface area contributed by atoms with Crippen LogP contribution in [0.15, 0.2) is 54.6 Å². The first-order chi connectivity index (χ1) is 13.7. The van der Waals surface area contributed by atoms with Crippen LogP contribution in [0.5, 0.6) is 5.75 Å². The van der Waals surface area contributed by atoms with Crippen LogP contribution in [0, 0.1) is 0 Å². The van der Waals surface area contributed by atoms with E-state index in [4.69, 9.17) is 23.7 Å². The summed E-state index contributed by atoms with van der Waals surface area (Å²) in [5.74, 6) is 0.835. The summed E-state index contributed by atoms with van der Waals surface area (Å²) in [6, 6.07) is 18.1. The number of halogens is 1. The van der Waals surface area contributed by atoms with Crippen molar-refractivity contribution in [1.29, 1.82) is 0 Å². The van der Waals surface area contributed by atoms with Crippen LogP contribution in [0.25, 0.3) is 0 Å². The quantitative estimate of drug-likeness (QED) is 0.380. The van der Waals surface area contributed by atoms with Crippen LogP contribution in [0.1, 0.15) is 17.5 Å². The minimum Gasteiger partial charge on any atom is -0.497 e. The molecule has 2 aromatic carbocycles. The minimum atomic E-state index is -0.277. The van der Waals surface area contributed by atoms with Crippen molar-refractivity contribution >= 4 is 22.6 Å². The van der Waals surface area contributed by atoms with E-state index in [0.29, 0.717) is 19.6 Å². The number of methoxy groups -OCH3 is 2. The Bertz CT molecular complexity index is 694. The van der Waals surface area contributed by atoms with Gasteiger partial charge in [0.25, 0.3) is 0 Å². The van der Waals surface area contributed by atoms with Crippen molar-refractivity contribution in [2.45, 2.75) is 44.2 Å². The summed E-state index contributed by atoms with van der Waals surface area (Å²) < 4.78 is 30.1. The van der Waals surface area contributed by atoms with Crippen molar-refractivity contribution < 1.29 is 23.7 Å². The Balaban J connectivity index is 1.66. The second-order valence-electron chi connectivity index (χ2n) is 6.69. The van der Waals surface area contributed by atoms with Gasteiger partial charge in [-0.15, -0.1) is 0 Å². The molecule has 1 fully saturated rings. The van der Waals surface area contributed by atoms with Crippen LogP contribution in [0.4, 0.5) is 0 Å². The number of hydrogen-bond acceptors (Lipinski definition) is 5. The van der Waals surface area contributed by atoms with Gasteiger partial charge in [-0.3, -0.25) is 0 Å². The molecule has 1 aliphatic heterocycles. The van der Waals surface area contributed by atoms with Crippen molar-refractivity contribution in [3.8, 4) is 5.75 Å². The van der Waals surface area contributed by atoms with E-state index in [9.17, 15) is 0 Å². The van der Waals surface area contributed by atoms with E-state index in [2.05, 4.69) is 34.7 Å². The van der Waals surface area contributed by atoms with Gasteiger partial charge in [0.1, 0.15) is 11.9 Å². The van der Waals surface area contributed by atoms with Gasteiger partial charge in [0.05, 0.1) is 32.5 Å². The van der Waals surface area contributed by atoms with Gasteiger partial charge >= 0.3 is 0 Å². The van der Waals surface area contributed by atoms with E-state index in [-0.39, 0.29) is 24.6 Å². The zero-order chi connectivity index (χ0) is 19.8. The molecule has 3 rings (SSSR count). The molecule has 0 bridgehead atoms. The van der Waals surface area contributed by atoms with E-state index < -0.39 is 0 Å². The van der Waals surface area contributed by atoms with Crippen molar-refractivity contribution in [2.75, 3.05) is 18.6 Å². The third-order valence-electron chi connectivity index (χ3n) is 4.81. The monoisotopic (exact) mass is 498 g/mol. The molecule has 0 spiro atoms. The van der Waals surface area contributed by atoms with Crippen LogP contribution in [0.2, 0.25) is 0 Å². The van der Waals surface area contributed by atoms with Crippen LogP contribution in [-0.2, 0) is 32.2 Å². The maximum atomic E-state index is 6.29. The van der Waals surface area contributed by atoms with Crippen molar-refractivity contribution in [2.24, 2.45) is 0 Å². The molecule has 152 valence electrons. The van der Waals surface area contributed by atoms with Crippen LogP contribution in [0.3, 0.4) is 0 Å². The maximum Gasteiger partial charge on any atom is 0.160 e. The van der Waals surface area contributed by atoms with Gasteiger partial charge in [-0.05, 0) is 23.3 Å². The molecule has 0 aliphatic carbocycles. The lowest BCUT2D eigenvalue weighted by Crippen LogP contribution is -2.51. The first kappa shape index (κ1) is 21.5. The van der Waals surface area contributed by atoms with E-state index >= 15 is 0 Å². The second-order valence-corrected chi connectivity index (χ2v) is 7.57. The molecular formula is C22H27IO5. The van der Waals surface area contributed by atoms with E-state index in [1.165, 1.54) is 0 Å². The molecule has 5 nitrogen and oxygen atoms in total. The number of ether oxygens (including phenoxy) is 5. The van der Waals surface area contributed by atoms with Crippen molar-refractivity contribution in [3.05, 3.63) is 65.7 Å². The van der Waals surface area contributed by atoms with Crippen LogP contribution >= 0.6 is 22.6 Å². The molecule has 4 atom stereocenters. The summed E-state index contributed by atoms with van der Waals surface area (Å²) in [5, 5.41) is 0. The summed E-state index contributed by atoms with van der Waals surface area (Å²) in [6.07, 6.45) is 0.0229. The largest absolute Gasteiger partial charge is 0.497 e. The Hall–Kier alpha value is -1.19. The lowest BCUT2D eigenvalue weighted by Gasteiger charge is -2.40. The number of alkyl halides is 1. The van der Waals surface area contributed by atoms with Gasteiger partial charge in [-0.1, -0.05) is 65.1 Å². The van der Waals surface area contributed by atoms with Crippen molar-refractivity contribution in [1.82, 2.24) is 0 Å². The molecule has 0 unspecified atom stereocenters. The molecule has 0 aromatic heterocycles. The van der Waals surface area contributed by atoms with E-state index in [1.807, 2.05) is 42.5 Å². The smallest absolute Gasteiger partial charge is 0.160 e. The zero-order valence-electron chi connectivity index (χ0n) is 16.3. The highest BCUT2D eigenvalue weighted by Gasteiger charge is 2.40. The predicted molar refractivity (Wildman–Crippen MR) is 116 cm³/mol. The molecule has 0 saturated carbocycles. The summed E-state index contributed by atoms with van der Waals surface area (Å²) in [5.41, 5.74) is 2.23. The Morgan fingerprint density at radius 2 is 1.61 bits per heavy atom. The lowest BCUT2D eigenvalue weighted by atomic mass is 10.0. The number of hydrogen-bond donors (Lipinski definition) is 0. The Morgan fingerprint density at radius 1 is 0.929 bits per heavy atom. The highest BCUT2D eigenvalue weighted by atomic mass is 127. The van der Waals surface area contributed by atoms with Crippen LogP contribution in [-0.4, -0.2) is 43.2 Å². The highest BCUT2D eigenvalue weighted by Crippen LogP contribution is 2.28. The molecule has 0 N–H and O–H groups in total. The summed E-state index contributed by atoms with van der Waals surface area (Å²) in [7, 11) is 3.33. The molecule has 2 aromatic rings. The Kier molecular flexibility index (Phi) is 8.54. The fourth-order valence-corrected chi connectivity index (χ4v) is 3.95. The third-order valence-corrected chi connectivity index (χ3v) is 5.68. The number of rotatable bonds is 9. The van der Waals surface area contributed by atoms with Gasteiger partial charge in [-0.2, -0.15) is 0 Å². The Labute approximate surface area is 180 Å². The maximum absolute atomic E-state index is 6.29. The van der Waals surface area contributed by atoms with Crippen LogP contribution < -0.4 is 4.74 Å². The second kappa shape index (κ2) is 11.1. The first-order valence-electron chi connectivity index (χ1n) is 9.37. The van der Waals surface area contributed by atoms with E-state index in [1.54, 1.807) is 14.2 Å². The summed E-state index contributed by atoms with van der Waals surface area (Å²) in [6.45, 7) is 1.03. The number of benzene rings is 2. The SMILES string of the molecule is COc1ccc(CO[C@H]2[C@H](OCc3ccccc3)C[C@@H](OC)O[C@@H]2CI)cc1. The average molecular weight is 498 g/mol. The highest BCUT2D eigenvalue weighted by molar-refractivity contribution is 14.1. The molecule has 1 saturated heterocycles. The minimum absolute atomic E-state index is 0.0849. The topological polar surface area (TPSA) is 46.2 Å². The molecule has 6 heteroatoms. The van der Waals surface area contributed by atoms with Gasteiger partial charge in [0.2, 0.25) is 0 Å². The molecular weight excluding hydrogens is 471 g/mol. The molecule has 0 radical (unpaired) electrons.